The average Bonchev–Trinajstić information content (AvgIpc) is 2.63. The van der Waals surface area contributed by atoms with Crippen LogP contribution in [0.15, 0.2) is 6.07 Å². The van der Waals surface area contributed by atoms with Gasteiger partial charge in [-0.15, -0.1) is 0 Å². The summed E-state index contributed by atoms with van der Waals surface area (Å²) in [6.07, 6.45) is 3.88. The third kappa shape index (κ3) is 3.58. The van der Waals surface area contributed by atoms with Crippen molar-refractivity contribution in [2.24, 2.45) is 11.8 Å². The lowest BCUT2D eigenvalue weighted by Gasteiger charge is -2.23. The monoisotopic (exact) mass is 262 g/mol. The molecule has 1 aliphatic heterocycles. The van der Waals surface area contributed by atoms with E-state index in [9.17, 15) is 0 Å². The van der Waals surface area contributed by atoms with Crippen LogP contribution in [0.2, 0.25) is 0 Å². The van der Waals surface area contributed by atoms with Gasteiger partial charge in [0.1, 0.15) is 5.82 Å². The Hall–Kier alpha value is -1.32. The molecule has 106 valence electrons. The fraction of sp³-hybridized carbons (Fsp3) is 0.733. The van der Waals surface area contributed by atoms with Crippen LogP contribution in [0.5, 0.6) is 0 Å². The molecule has 0 aliphatic carbocycles. The van der Waals surface area contributed by atoms with E-state index in [-0.39, 0.29) is 0 Å². The van der Waals surface area contributed by atoms with Gasteiger partial charge in [-0.3, -0.25) is 0 Å². The molecule has 1 fully saturated rings. The second-order valence-corrected chi connectivity index (χ2v) is 5.86. The maximum Gasteiger partial charge on any atom is 0.224 e. The Morgan fingerprint density at radius 2 is 2.05 bits per heavy atom. The topological polar surface area (TPSA) is 41.1 Å². The first-order valence-corrected chi connectivity index (χ1v) is 7.38. The van der Waals surface area contributed by atoms with Crippen LogP contribution < -0.4 is 10.2 Å². The summed E-state index contributed by atoms with van der Waals surface area (Å²) < 4.78 is 0. The van der Waals surface area contributed by atoms with Crippen molar-refractivity contribution in [3.63, 3.8) is 0 Å². The predicted octanol–water partition coefficient (Wildman–Crippen LogP) is 3.09. The van der Waals surface area contributed by atoms with Crippen LogP contribution >= 0.6 is 0 Å². The molecule has 4 nitrogen and oxygen atoms in total. The minimum absolute atomic E-state index is 0.722. The number of nitrogens with zero attached hydrogens (tertiary/aromatic N) is 3. The summed E-state index contributed by atoms with van der Waals surface area (Å²) in [6.45, 7) is 8.94. The number of aromatic nitrogens is 2. The first-order valence-electron chi connectivity index (χ1n) is 7.38. The second kappa shape index (κ2) is 6.22. The van der Waals surface area contributed by atoms with Crippen molar-refractivity contribution in [1.29, 1.82) is 0 Å². The van der Waals surface area contributed by atoms with Gasteiger partial charge in [-0.25, -0.2) is 4.98 Å². The SMILES string of the molecule is CNc1nc(C)cc(N2CCCC(C(C)C)CC2)n1. The Labute approximate surface area is 116 Å². The second-order valence-electron chi connectivity index (χ2n) is 5.86. The summed E-state index contributed by atoms with van der Waals surface area (Å²) in [5, 5.41) is 3.04. The molecule has 1 aromatic heterocycles. The number of anilines is 2. The normalized spacial score (nSPS) is 20.5. The molecule has 0 amide bonds. The van der Waals surface area contributed by atoms with E-state index >= 15 is 0 Å². The lowest BCUT2D eigenvalue weighted by molar-refractivity contribution is 0.351. The zero-order chi connectivity index (χ0) is 13.8. The number of hydrogen-bond acceptors (Lipinski definition) is 4. The van der Waals surface area contributed by atoms with Gasteiger partial charge in [-0.05, 0) is 38.0 Å². The summed E-state index contributed by atoms with van der Waals surface area (Å²) in [7, 11) is 1.87. The van der Waals surface area contributed by atoms with Crippen molar-refractivity contribution in [3.05, 3.63) is 11.8 Å². The number of rotatable bonds is 3. The molecule has 19 heavy (non-hydrogen) atoms. The van der Waals surface area contributed by atoms with E-state index in [1.54, 1.807) is 0 Å². The summed E-state index contributed by atoms with van der Waals surface area (Å²) in [4.78, 5) is 11.4. The summed E-state index contributed by atoms with van der Waals surface area (Å²) >= 11 is 0. The van der Waals surface area contributed by atoms with Gasteiger partial charge >= 0.3 is 0 Å². The van der Waals surface area contributed by atoms with Crippen molar-refractivity contribution in [1.82, 2.24) is 9.97 Å². The molecule has 2 rings (SSSR count). The minimum Gasteiger partial charge on any atom is -0.357 e. The van der Waals surface area contributed by atoms with E-state index < -0.39 is 0 Å². The quantitative estimate of drug-likeness (QED) is 0.909. The van der Waals surface area contributed by atoms with E-state index in [2.05, 4.69) is 40.1 Å². The highest BCUT2D eigenvalue weighted by Gasteiger charge is 2.20. The third-order valence-corrected chi connectivity index (χ3v) is 4.10. The predicted molar refractivity (Wildman–Crippen MR) is 80.7 cm³/mol. The Balaban J connectivity index is 2.11. The Morgan fingerprint density at radius 3 is 2.74 bits per heavy atom. The molecular formula is C15H26N4. The molecule has 0 aromatic carbocycles. The van der Waals surface area contributed by atoms with Gasteiger partial charge in [0.05, 0.1) is 0 Å². The fourth-order valence-corrected chi connectivity index (χ4v) is 2.84. The van der Waals surface area contributed by atoms with Crippen LogP contribution in [0.3, 0.4) is 0 Å². The molecule has 0 bridgehead atoms. The first kappa shape index (κ1) is 14.1. The summed E-state index contributed by atoms with van der Waals surface area (Å²) in [5.41, 5.74) is 1.03. The van der Waals surface area contributed by atoms with Crippen LogP contribution in [0.1, 0.15) is 38.8 Å². The van der Waals surface area contributed by atoms with Gasteiger partial charge < -0.3 is 10.2 Å². The zero-order valence-electron chi connectivity index (χ0n) is 12.6. The Bertz CT molecular complexity index is 417. The summed E-state index contributed by atoms with van der Waals surface area (Å²) in [6, 6.07) is 2.09. The third-order valence-electron chi connectivity index (χ3n) is 4.10. The van der Waals surface area contributed by atoms with E-state index in [4.69, 9.17) is 0 Å². The number of aryl methyl sites for hydroxylation is 1. The molecule has 2 heterocycles. The van der Waals surface area contributed by atoms with Crippen LogP contribution in [0.4, 0.5) is 11.8 Å². The molecule has 4 heteroatoms. The van der Waals surface area contributed by atoms with Gasteiger partial charge in [-0.2, -0.15) is 4.98 Å². The highest BCUT2D eigenvalue weighted by molar-refractivity contribution is 5.44. The standard InChI is InChI=1S/C15H26N4/c1-11(2)13-6-5-8-19(9-7-13)14-10-12(3)17-15(16-4)18-14/h10-11,13H,5-9H2,1-4H3,(H,16,17,18). The molecule has 1 aliphatic rings. The van der Waals surface area contributed by atoms with Crippen molar-refractivity contribution >= 4 is 11.8 Å². The maximum absolute atomic E-state index is 4.59. The first-order chi connectivity index (χ1) is 9.10. The molecule has 0 radical (unpaired) electrons. The van der Waals surface area contributed by atoms with E-state index in [1.807, 2.05) is 14.0 Å². The van der Waals surface area contributed by atoms with Gasteiger partial charge in [0.2, 0.25) is 5.95 Å². The summed E-state index contributed by atoms with van der Waals surface area (Å²) in [5.74, 6) is 3.44. The highest BCUT2D eigenvalue weighted by atomic mass is 15.2. The molecule has 1 unspecified atom stereocenters. The van der Waals surface area contributed by atoms with Crippen molar-refractivity contribution in [2.75, 3.05) is 30.4 Å². The smallest absolute Gasteiger partial charge is 0.224 e. The van der Waals surface area contributed by atoms with E-state index in [0.717, 1.165) is 42.4 Å². The lowest BCUT2D eigenvalue weighted by Crippen LogP contribution is -2.26. The lowest BCUT2D eigenvalue weighted by atomic mass is 9.89. The Morgan fingerprint density at radius 1 is 1.26 bits per heavy atom. The van der Waals surface area contributed by atoms with Gasteiger partial charge in [0.25, 0.3) is 0 Å². The Kier molecular flexibility index (Phi) is 4.61. The number of nitrogens with one attached hydrogen (secondary N) is 1. The number of hydrogen-bond donors (Lipinski definition) is 1. The minimum atomic E-state index is 0.722. The molecule has 1 N–H and O–H groups in total. The van der Waals surface area contributed by atoms with Crippen LogP contribution in [-0.2, 0) is 0 Å². The van der Waals surface area contributed by atoms with Gasteiger partial charge in [-0.1, -0.05) is 13.8 Å². The highest BCUT2D eigenvalue weighted by Crippen LogP contribution is 2.27. The van der Waals surface area contributed by atoms with Crippen molar-refractivity contribution in [3.8, 4) is 0 Å². The largest absolute Gasteiger partial charge is 0.357 e. The molecule has 1 atom stereocenters. The van der Waals surface area contributed by atoms with E-state index in [1.165, 1.54) is 19.3 Å². The van der Waals surface area contributed by atoms with Crippen molar-refractivity contribution in [2.45, 2.75) is 40.0 Å². The van der Waals surface area contributed by atoms with Crippen LogP contribution in [0.25, 0.3) is 0 Å². The molecule has 1 saturated heterocycles. The molecular weight excluding hydrogens is 236 g/mol. The fourth-order valence-electron chi connectivity index (χ4n) is 2.84. The van der Waals surface area contributed by atoms with Gasteiger partial charge in [0.15, 0.2) is 0 Å². The van der Waals surface area contributed by atoms with E-state index in [0.29, 0.717) is 0 Å². The maximum atomic E-state index is 4.59. The van der Waals surface area contributed by atoms with Crippen LogP contribution in [0, 0.1) is 18.8 Å². The zero-order valence-corrected chi connectivity index (χ0v) is 12.6. The molecule has 1 aromatic rings. The average molecular weight is 262 g/mol. The van der Waals surface area contributed by atoms with Crippen LogP contribution in [-0.4, -0.2) is 30.1 Å². The van der Waals surface area contributed by atoms with Gasteiger partial charge in [0, 0.05) is 31.9 Å². The molecule has 0 saturated carbocycles. The molecule has 0 spiro atoms. The van der Waals surface area contributed by atoms with Crippen molar-refractivity contribution < 1.29 is 0 Å².